The molecule has 4 nitrogen and oxygen atoms in total. The molecule has 0 radical (unpaired) electrons. The maximum absolute atomic E-state index is 2.46. The third kappa shape index (κ3) is 13.9. The highest BCUT2D eigenvalue weighted by Gasteiger charge is 2.26. The van der Waals surface area contributed by atoms with E-state index in [4.69, 9.17) is 0 Å². The van der Waals surface area contributed by atoms with Crippen molar-refractivity contribution < 1.29 is 0 Å². The minimum absolute atomic E-state index is 1.09. The zero-order valence-electron chi connectivity index (χ0n) is 74.0. The molecule has 25 aromatic rings. The Morgan fingerprint density at radius 1 is 0.164 bits per heavy atom. The Balaban J connectivity index is 0.000000145. The predicted molar refractivity (Wildman–Crippen MR) is 571 cm³/mol. The molecular weight excluding hydrogens is 1620 g/mol. The minimum atomic E-state index is 1.09. The van der Waals surface area contributed by atoms with Gasteiger partial charge in [0.2, 0.25) is 0 Å². The summed E-state index contributed by atoms with van der Waals surface area (Å²) in [5, 5.41) is 19.9. The van der Waals surface area contributed by atoms with E-state index >= 15 is 0 Å². The Labute approximate surface area is 779 Å². The second-order valence-electron chi connectivity index (χ2n) is 35.5. The SMILES string of the molecule is c1ccc(-c2c3ccccc3c(-c3ccc(N(c4ccc(-c5ccc6ccccc6c5)cc4)c4ccc5c(c4)c4ccccc4n5-c4ccccc4)cc3)c3ccccc23)cc1.c1ccc(-c2c3ccccc3c(-c3ccc(N(c4ccc(-c5cccc6ccccc56)cc4)c4ccc5c(c4)c4cc(-c6cccc7c6CCCC7)ccc4n5-c4ccccc4)cc3)c3ccccc23)cc1. The van der Waals surface area contributed by atoms with Gasteiger partial charge in [-0.05, 0) is 313 Å². The summed E-state index contributed by atoms with van der Waals surface area (Å²) in [7, 11) is 0. The number of aromatic nitrogens is 2. The molecule has 0 bridgehead atoms. The molecule has 0 N–H and O–H groups in total. The van der Waals surface area contributed by atoms with E-state index in [0.717, 1.165) is 58.3 Å². The number of anilines is 6. The molecule has 0 unspecified atom stereocenters. The van der Waals surface area contributed by atoms with Crippen molar-refractivity contribution in [2.75, 3.05) is 9.80 Å². The second kappa shape index (κ2) is 33.7. The fourth-order valence-electron chi connectivity index (χ4n) is 21.8. The first-order valence-corrected chi connectivity index (χ1v) is 46.8. The molecule has 630 valence electrons. The number of nitrogens with zero attached hydrogens (tertiary/aromatic N) is 4. The lowest BCUT2D eigenvalue weighted by molar-refractivity contribution is 0.687. The summed E-state index contributed by atoms with van der Waals surface area (Å²) < 4.78 is 4.82. The highest BCUT2D eigenvalue weighted by atomic mass is 15.1. The summed E-state index contributed by atoms with van der Waals surface area (Å²) in [5.74, 6) is 0. The molecule has 4 heteroatoms. The smallest absolute Gasteiger partial charge is 0.0542 e. The van der Waals surface area contributed by atoms with Crippen molar-refractivity contribution in [2.24, 2.45) is 0 Å². The van der Waals surface area contributed by atoms with E-state index in [-0.39, 0.29) is 0 Å². The first-order valence-electron chi connectivity index (χ1n) is 46.8. The largest absolute Gasteiger partial charge is 0.310 e. The number of hydrogen-bond acceptors (Lipinski definition) is 2. The summed E-state index contributed by atoms with van der Waals surface area (Å²) in [4.78, 5) is 4.84. The number of rotatable bonds is 15. The van der Waals surface area contributed by atoms with Crippen LogP contribution in [0.2, 0.25) is 0 Å². The number of para-hydroxylation sites is 3. The standard InChI is InChI=1S/C70H50N2.C60H40N2/c1-3-19-50(20-4-1)69-61-27-11-13-29-63(61)70(64-30-14-12-28-62(64)69)51-35-40-55(41-36-51)71(54-38-33-49(34-39-54)59-31-15-21-47-17-7-9-25-57(47)59)56-42-44-68-66(46-56)65-45-52(60-32-16-22-48-18-8-10-26-58(48)60)37-43-67(65)72(68)53-23-5-2-6-24-53;1-3-16-43(17-4-1)59-52-22-9-11-24-54(52)60(55-25-12-10-23-53(55)59)44-31-35-49(36-32-44)61(48-33-29-42(30-34-48)46-28-27-41-15-7-8-18-45(41)39-46)50-37-38-58-56(40-50)51-21-13-14-26-57(51)62(58)47-19-5-2-6-20-47/h1-7,9,11-17,19-25,27-46H,8,10,18,26H2;1-40H. The van der Waals surface area contributed by atoms with Crippen LogP contribution in [0.25, 0.3) is 198 Å². The fourth-order valence-corrected chi connectivity index (χ4v) is 21.8. The lowest BCUT2D eigenvalue weighted by Gasteiger charge is -2.26. The molecule has 134 heavy (non-hydrogen) atoms. The van der Waals surface area contributed by atoms with Crippen molar-refractivity contribution >= 4 is 142 Å². The van der Waals surface area contributed by atoms with Crippen LogP contribution < -0.4 is 9.80 Å². The number of aryl methyl sites for hydroxylation is 1. The molecule has 0 amide bonds. The number of benzene rings is 23. The normalized spacial score (nSPS) is 12.1. The van der Waals surface area contributed by atoms with Crippen molar-refractivity contribution in [3.05, 3.63) is 509 Å². The van der Waals surface area contributed by atoms with Crippen molar-refractivity contribution in [2.45, 2.75) is 25.7 Å². The van der Waals surface area contributed by atoms with E-state index in [9.17, 15) is 0 Å². The molecule has 0 saturated carbocycles. The van der Waals surface area contributed by atoms with Crippen molar-refractivity contribution in [3.63, 3.8) is 0 Å². The molecule has 2 aromatic heterocycles. The van der Waals surface area contributed by atoms with Gasteiger partial charge in [0.15, 0.2) is 0 Å². The molecule has 0 fully saturated rings. The van der Waals surface area contributed by atoms with Crippen LogP contribution in [0.5, 0.6) is 0 Å². The monoisotopic (exact) mass is 1710 g/mol. The lowest BCUT2D eigenvalue weighted by Crippen LogP contribution is -2.10. The van der Waals surface area contributed by atoms with Crippen LogP contribution in [0.3, 0.4) is 0 Å². The Bertz CT molecular complexity index is 8700. The third-order valence-corrected chi connectivity index (χ3v) is 27.9. The fraction of sp³-hybridized carbons (Fsp3) is 0.0308. The molecular formula is C130H90N4. The maximum Gasteiger partial charge on any atom is 0.0542 e. The molecule has 1 aliphatic rings. The van der Waals surface area contributed by atoms with Gasteiger partial charge in [-0.3, -0.25) is 0 Å². The van der Waals surface area contributed by atoms with Gasteiger partial charge in [-0.25, -0.2) is 0 Å². The molecule has 26 rings (SSSR count). The van der Waals surface area contributed by atoms with Gasteiger partial charge < -0.3 is 18.9 Å². The molecule has 0 aliphatic heterocycles. The van der Waals surface area contributed by atoms with E-state index in [0.29, 0.717) is 0 Å². The summed E-state index contributed by atoms with van der Waals surface area (Å²) in [6.07, 6.45) is 4.81. The summed E-state index contributed by atoms with van der Waals surface area (Å²) >= 11 is 0. The van der Waals surface area contributed by atoms with Crippen molar-refractivity contribution in [3.8, 4) is 89.3 Å². The number of fused-ring (bicyclic) bond motifs is 13. The van der Waals surface area contributed by atoms with Crippen molar-refractivity contribution in [1.82, 2.24) is 9.13 Å². The molecule has 2 heterocycles. The van der Waals surface area contributed by atoms with E-state index in [1.807, 2.05) is 0 Å². The zero-order valence-corrected chi connectivity index (χ0v) is 74.0. The number of hydrogen-bond donors (Lipinski definition) is 0. The van der Waals surface area contributed by atoms with E-state index in [2.05, 4.69) is 516 Å². The molecule has 0 saturated heterocycles. The summed E-state index contributed by atoms with van der Waals surface area (Å²) in [5.41, 5.74) is 34.1. The third-order valence-electron chi connectivity index (χ3n) is 27.9. The van der Waals surface area contributed by atoms with Crippen LogP contribution in [-0.2, 0) is 12.8 Å². The zero-order chi connectivity index (χ0) is 88.5. The van der Waals surface area contributed by atoms with E-state index in [1.165, 1.54) is 210 Å². The lowest BCUT2D eigenvalue weighted by atomic mass is 9.86. The van der Waals surface area contributed by atoms with Gasteiger partial charge in [0.25, 0.3) is 0 Å². The Kier molecular flexibility index (Phi) is 19.9. The Morgan fingerprint density at radius 2 is 0.485 bits per heavy atom. The molecule has 1 aliphatic carbocycles. The molecule has 0 atom stereocenters. The first kappa shape index (κ1) is 79.0. The Hall–Kier alpha value is -17.2. The van der Waals surface area contributed by atoms with Gasteiger partial charge in [-0.2, -0.15) is 0 Å². The first-order chi connectivity index (χ1) is 66.5. The summed E-state index contributed by atoms with van der Waals surface area (Å²) in [6, 6.07) is 183. The highest BCUT2D eigenvalue weighted by Crippen LogP contribution is 2.51. The van der Waals surface area contributed by atoms with Crippen LogP contribution in [0.4, 0.5) is 34.1 Å². The average Bonchev–Trinajstić information content (AvgIpc) is 1.11. The maximum atomic E-state index is 2.46. The highest BCUT2D eigenvalue weighted by molar-refractivity contribution is 6.24. The predicted octanol–water partition coefficient (Wildman–Crippen LogP) is 36.0. The molecule has 0 spiro atoms. The van der Waals surface area contributed by atoms with Crippen LogP contribution in [0, 0.1) is 0 Å². The van der Waals surface area contributed by atoms with Gasteiger partial charge in [-0.15, -0.1) is 0 Å². The average molecular weight is 1710 g/mol. The van der Waals surface area contributed by atoms with Gasteiger partial charge in [-0.1, -0.05) is 364 Å². The second-order valence-corrected chi connectivity index (χ2v) is 35.5. The van der Waals surface area contributed by atoms with Crippen LogP contribution in [-0.4, -0.2) is 9.13 Å². The quantitative estimate of drug-likeness (QED) is 0.0951. The van der Waals surface area contributed by atoms with Crippen LogP contribution >= 0.6 is 0 Å². The van der Waals surface area contributed by atoms with Crippen LogP contribution in [0.1, 0.15) is 24.0 Å². The Morgan fingerprint density at radius 3 is 0.970 bits per heavy atom. The van der Waals surface area contributed by atoms with Gasteiger partial charge in [0.1, 0.15) is 0 Å². The van der Waals surface area contributed by atoms with Gasteiger partial charge in [0, 0.05) is 67.0 Å². The topological polar surface area (TPSA) is 16.3 Å². The van der Waals surface area contributed by atoms with Gasteiger partial charge in [0.05, 0.1) is 22.1 Å². The van der Waals surface area contributed by atoms with Gasteiger partial charge >= 0.3 is 0 Å². The van der Waals surface area contributed by atoms with Crippen molar-refractivity contribution in [1.29, 1.82) is 0 Å². The van der Waals surface area contributed by atoms with E-state index in [1.54, 1.807) is 0 Å². The minimum Gasteiger partial charge on any atom is -0.310 e. The molecule has 23 aromatic carbocycles. The van der Waals surface area contributed by atoms with E-state index < -0.39 is 0 Å². The summed E-state index contributed by atoms with van der Waals surface area (Å²) in [6.45, 7) is 0. The van der Waals surface area contributed by atoms with Crippen LogP contribution in [0.15, 0.2) is 497 Å².